The molecule has 164 valence electrons. The third-order valence-corrected chi connectivity index (χ3v) is 7.79. The van der Waals surface area contributed by atoms with Crippen molar-refractivity contribution >= 4 is 32.4 Å². The van der Waals surface area contributed by atoms with Gasteiger partial charge in [-0.2, -0.15) is 4.31 Å². The molecule has 1 heterocycles. The van der Waals surface area contributed by atoms with Crippen molar-refractivity contribution in [2.75, 3.05) is 25.5 Å². The molecule has 2 aromatic carbocycles. The van der Waals surface area contributed by atoms with Crippen LogP contribution in [0, 0.1) is 6.92 Å². The lowest BCUT2D eigenvalue weighted by molar-refractivity contribution is 0.102. The van der Waals surface area contributed by atoms with E-state index >= 15 is 0 Å². The second-order valence-corrected chi connectivity index (χ2v) is 9.86. The molecule has 0 aliphatic heterocycles. The normalized spacial score (nSPS) is 11.5. The fourth-order valence-electron chi connectivity index (χ4n) is 3.13. The number of aryl methyl sites for hydroxylation is 1. The molecule has 0 saturated carbocycles. The van der Waals surface area contributed by atoms with Crippen LogP contribution in [0.15, 0.2) is 53.4 Å². The fraction of sp³-hybridized carbons (Fsp3) is 0.273. The Hall–Kier alpha value is -2.75. The lowest BCUT2D eigenvalue weighted by Gasteiger charge is -2.18. The van der Waals surface area contributed by atoms with Gasteiger partial charge < -0.3 is 4.74 Å². The van der Waals surface area contributed by atoms with Crippen molar-refractivity contribution in [1.29, 1.82) is 0 Å². The summed E-state index contributed by atoms with van der Waals surface area (Å²) in [6.07, 6.45) is 0. The number of carbonyl (C=O) groups is 1. The first-order valence-corrected chi connectivity index (χ1v) is 12.1. The van der Waals surface area contributed by atoms with Crippen molar-refractivity contribution in [2.45, 2.75) is 25.7 Å². The van der Waals surface area contributed by atoms with Gasteiger partial charge in [0.1, 0.15) is 5.75 Å². The summed E-state index contributed by atoms with van der Waals surface area (Å²) in [4.78, 5) is 18.3. The lowest BCUT2D eigenvalue weighted by Crippen LogP contribution is -2.30. The van der Waals surface area contributed by atoms with Crippen LogP contribution in [0.4, 0.5) is 5.13 Å². The van der Waals surface area contributed by atoms with Crippen molar-refractivity contribution in [3.8, 4) is 17.0 Å². The summed E-state index contributed by atoms with van der Waals surface area (Å²) in [5.41, 5.74) is 2.09. The van der Waals surface area contributed by atoms with Crippen molar-refractivity contribution in [3.05, 3.63) is 59.0 Å². The number of methoxy groups -OCH3 is 1. The van der Waals surface area contributed by atoms with Crippen molar-refractivity contribution in [2.24, 2.45) is 0 Å². The molecule has 0 spiro atoms. The van der Waals surface area contributed by atoms with E-state index < -0.39 is 10.0 Å². The van der Waals surface area contributed by atoms with Gasteiger partial charge in [0.05, 0.1) is 17.7 Å². The largest absolute Gasteiger partial charge is 0.497 e. The molecule has 7 nitrogen and oxygen atoms in total. The number of amides is 1. The van der Waals surface area contributed by atoms with Gasteiger partial charge in [0.25, 0.3) is 5.91 Å². The molecule has 0 aliphatic rings. The van der Waals surface area contributed by atoms with Gasteiger partial charge in [-0.05, 0) is 55.5 Å². The van der Waals surface area contributed by atoms with E-state index in [0.29, 0.717) is 23.8 Å². The van der Waals surface area contributed by atoms with Gasteiger partial charge in [-0.1, -0.05) is 13.8 Å². The highest BCUT2D eigenvalue weighted by atomic mass is 32.2. The first kappa shape index (κ1) is 22.9. The Morgan fingerprint density at radius 1 is 1.06 bits per heavy atom. The molecular formula is C22H25N3O4S2. The number of hydrogen-bond acceptors (Lipinski definition) is 6. The van der Waals surface area contributed by atoms with Crippen LogP contribution in [-0.4, -0.2) is 43.8 Å². The predicted molar refractivity (Wildman–Crippen MR) is 123 cm³/mol. The average Bonchev–Trinajstić information content (AvgIpc) is 3.14. The van der Waals surface area contributed by atoms with Gasteiger partial charge in [0.15, 0.2) is 5.13 Å². The molecule has 0 aliphatic carbocycles. The molecule has 9 heteroatoms. The van der Waals surface area contributed by atoms with E-state index in [4.69, 9.17) is 4.74 Å². The maximum absolute atomic E-state index is 12.6. The molecule has 0 atom stereocenters. The molecule has 31 heavy (non-hydrogen) atoms. The van der Waals surface area contributed by atoms with E-state index in [-0.39, 0.29) is 10.8 Å². The minimum atomic E-state index is -3.56. The third kappa shape index (κ3) is 4.95. The molecule has 0 saturated heterocycles. The highest BCUT2D eigenvalue weighted by Crippen LogP contribution is 2.31. The standard InChI is InChI=1S/C22H25N3O4S2/c1-5-25(6-2)31(27,28)19-13-9-17(10-14-19)21(26)24-22-23-20(15(3)30-22)16-7-11-18(29-4)12-8-16/h7-14H,5-6H2,1-4H3,(H,23,24,26). The van der Waals surface area contributed by atoms with Crippen molar-refractivity contribution in [3.63, 3.8) is 0 Å². The number of carbonyl (C=O) groups excluding carboxylic acids is 1. The number of hydrogen-bond donors (Lipinski definition) is 1. The van der Waals surface area contributed by atoms with Crippen molar-refractivity contribution in [1.82, 2.24) is 9.29 Å². The Kier molecular flexibility index (Phi) is 7.09. The number of aromatic nitrogens is 1. The van der Waals surface area contributed by atoms with Gasteiger partial charge in [0.2, 0.25) is 10.0 Å². The van der Waals surface area contributed by atoms with E-state index in [9.17, 15) is 13.2 Å². The van der Waals surface area contributed by atoms with Crippen LogP contribution >= 0.6 is 11.3 Å². The summed E-state index contributed by atoms with van der Waals surface area (Å²) in [7, 11) is -1.94. The summed E-state index contributed by atoms with van der Waals surface area (Å²) in [6, 6.07) is 13.5. The topological polar surface area (TPSA) is 88.6 Å². The first-order valence-electron chi connectivity index (χ1n) is 9.83. The van der Waals surface area contributed by atoms with Gasteiger partial charge in [-0.15, -0.1) is 11.3 Å². The van der Waals surface area contributed by atoms with Gasteiger partial charge in [-0.25, -0.2) is 13.4 Å². The predicted octanol–water partition coefficient (Wildman–Crippen LogP) is 4.41. The summed E-state index contributed by atoms with van der Waals surface area (Å²) in [6.45, 7) is 6.31. The average molecular weight is 460 g/mol. The number of nitrogens with one attached hydrogen (secondary N) is 1. The van der Waals surface area contributed by atoms with Crippen LogP contribution in [0.3, 0.4) is 0 Å². The zero-order chi connectivity index (χ0) is 22.6. The van der Waals surface area contributed by atoms with Crippen molar-refractivity contribution < 1.29 is 17.9 Å². The number of benzene rings is 2. The van der Waals surface area contributed by atoms with E-state index in [2.05, 4.69) is 10.3 Å². The van der Waals surface area contributed by atoms with Gasteiger partial charge in [-0.3, -0.25) is 10.1 Å². The Morgan fingerprint density at radius 3 is 2.23 bits per heavy atom. The fourth-order valence-corrected chi connectivity index (χ4v) is 5.42. The number of thiazole rings is 1. The summed E-state index contributed by atoms with van der Waals surface area (Å²) >= 11 is 1.38. The molecular weight excluding hydrogens is 434 g/mol. The number of ether oxygens (including phenoxy) is 1. The Labute approximate surface area is 186 Å². The monoisotopic (exact) mass is 459 g/mol. The van der Waals surface area contributed by atoms with E-state index in [1.807, 2.05) is 31.2 Å². The maximum atomic E-state index is 12.6. The highest BCUT2D eigenvalue weighted by Gasteiger charge is 2.22. The Morgan fingerprint density at radius 2 is 1.68 bits per heavy atom. The van der Waals surface area contributed by atoms with Crippen LogP contribution < -0.4 is 10.1 Å². The maximum Gasteiger partial charge on any atom is 0.257 e. The van der Waals surface area contributed by atoms with Crippen LogP contribution in [0.1, 0.15) is 29.1 Å². The van der Waals surface area contributed by atoms with Crippen LogP contribution in [0.2, 0.25) is 0 Å². The quantitative estimate of drug-likeness (QED) is 0.539. The Balaban J connectivity index is 1.76. The number of rotatable bonds is 8. The molecule has 1 amide bonds. The van der Waals surface area contributed by atoms with Gasteiger partial charge >= 0.3 is 0 Å². The summed E-state index contributed by atoms with van der Waals surface area (Å²) in [5.74, 6) is 0.415. The molecule has 1 N–H and O–H groups in total. The minimum Gasteiger partial charge on any atom is -0.497 e. The van der Waals surface area contributed by atoms with Crippen LogP contribution in [-0.2, 0) is 10.0 Å². The third-order valence-electron chi connectivity index (χ3n) is 4.84. The van der Waals surface area contributed by atoms with Gasteiger partial charge in [0, 0.05) is 29.1 Å². The van der Waals surface area contributed by atoms with E-state index in [1.54, 1.807) is 21.0 Å². The SMILES string of the molecule is CCN(CC)S(=O)(=O)c1ccc(C(=O)Nc2nc(-c3ccc(OC)cc3)c(C)s2)cc1. The number of anilines is 1. The molecule has 3 aromatic rings. The molecule has 0 bridgehead atoms. The molecule has 3 rings (SSSR count). The van der Waals surface area contributed by atoms with Crippen LogP contribution in [0.5, 0.6) is 5.75 Å². The first-order chi connectivity index (χ1) is 14.8. The Bertz CT molecular complexity index is 1150. The second kappa shape index (κ2) is 9.59. The lowest BCUT2D eigenvalue weighted by atomic mass is 10.1. The second-order valence-electron chi connectivity index (χ2n) is 6.72. The minimum absolute atomic E-state index is 0.166. The summed E-state index contributed by atoms with van der Waals surface area (Å²) in [5, 5.41) is 3.28. The molecule has 0 radical (unpaired) electrons. The number of nitrogens with zero attached hydrogens (tertiary/aromatic N) is 2. The van der Waals surface area contributed by atoms with E-state index in [0.717, 1.165) is 21.9 Å². The smallest absolute Gasteiger partial charge is 0.257 e. The zero-order valence-electron chi connectivity index (χ0n) is 17.9. The van der Waals surface area contributed by atoms with Crippen LogP contribution in [0.25, 0.3) is 11.3 Å². The zero-order valence-corrected chi connectivity index (χ0v) is 19.5. The van der Waals surface area contributed by atoms with E-state index in [1.165, 1.54) is 39.9 Å². The molecule has 0 fully saturated rings. The highest BCUT2D eigenvalue weighted by molar-refractivity contribution is 7.89. The summed E-state index contributed by atoms with van der Waals surface area (Å²) < 4.78 is 31.7. The molecule has 0 unspecified atom stereocenters. The number of sulfonamides is 1. The molecule has 1 aromatic heterocycles.